The molecule has 3 heterocycles. The van der Waals surface area contributed by atoms with Crippen LogP contribution in [0, 0.1) is 5.82 Å². The molecule has 0 aromatic heterocycles. The van der Waals surface area contributed by atoms with E-state index >= 15 is 0 Å². The second-order valence-electron chi connectivity index (χ2n) is 9.48. The molecule has 3 aliphatic rings. The molecule has 2 saturated heterocycles. The maximum Gasteiger partial charge on any atom is 0.255 e. The van der Waals surface area contributed by atoms with Gasteiger partial charge in [0.25, 0.3) is 5.91 Å². The summed E-state index contributed by atoms with van der Waals surface area (Å²) in [5.41, 5.74) is 2.03. The van der Waals surface area contributed by atoms with Crippen molar-refractivity contribution in [2.24, 2.45) is 0 Å². The van der Waals surface area contributed by atoms with Crippen LogP contribution in [0.4, 0.5) is 10.1 Å². The van der Waals surface area contributed by atoms with Gasteiger partial charge in [-0.2, -0.15) is 0 Å². The van der Waals surface area contributed by atoms with Crippen LogP contribution in [-0.4, -0.2) is 58.8 Å². The number of fused-ring (bicyclic) bond motifs is 1. The largest absolute Gasteiger partial charge is 0.381 e. The van der Waals surface area contributed by atoms with Gasteiger partial charge in [0.15, 0.2) is 0 Å². The van der Waals surface area contributed by atoms with Crippen molar-refractivity contribution in [1.82, 2.24) is 15.1 Å². The van der Waals surface area contributed by atoms with Crippen molar-refractivity contribution in [2.45, 2.75) is 64.5 Å². The van der Waals surface area contributed by atoms with Crippen LogP contribution in [0.3, 0.4) is 0 Å². The summed E-state index contributed by atoms with van der Waals surface area (Å²) in [5.74, 6) is -2.28. The molecule has 3 amide bonds. The van der Waals surface area contributed by atoms with Gasteiger partial charge in [0.2, 0.25) is 11.8 Å². The van der Waals surface area contributed by atoms with Crippen LogP contribution in [0.2, 0.25) is 0 Å². The molecule has 0 radical (unpaired) electrons. The molecular weight excluding hydrogens is 463 g/mol. The summed E-state index contributed by atoms with van der Waals surface area (Å²) < 4.78 is 46.8. The van der Waals surface area contributed by atoms with Gasteiger partial charge < -0.3 is 15.0 Å². The van der Waals surface area contributed by atoms with Gasteiger partial charge in [-0.05, 0) is 50.1 Å². The number of nitrogens with zero attached hydrogens (tertiary/aromatic N) is 2. The first kappa shape index (κ1) is 20.8. The molecule has 0 bridgehead atoms. The van der Waals surface area contributed by atoms with Crippen molar-refractivity contribution in [1.29, 1.82) is 0 Å². The van der Waals surface area contributed by atoms with Gasteiger partial charge >= 0.3 is 0 Å². The number of piperidine rings is 1. The lowest BCUT2D eigenvalue weighted by Gasteiger charge is -2.35. The van der Waals surface area contributed by atoms with Crippen molar-refractivity contribution in [3.05, 3.63) is 64.5 Å². The highest BCUT2D eigenvalue weighted by Crippen LogP contribution is 2.32. The summed E-state index contributed by atoms with van der Waals surface area (Å²) in [4.78, 5) is 40.1. The molecule has 9 heteroatoms. The number of rotatable bonds is 6. The lowest BCUT2D eigenvalue weighted by Crippen LogP contribution is -2.52. The first-order valence-corrected chi connectivity index (χ1v) is 12.1. The number of nitrogens with one attached hydrogen (secondary N) is 2. The van der Waals surface area contributed by atoms with E-state index in [1.807, 2.05) is 13.8 Å². The first-order chi connectivity index (χ1) is 18.4. The van der Waals surface area contributed by atoms with Gasteiger partial charge in [0, 0.05) is 64.2 Å². The molecule has 2 fully saturated rings. The monoisotopic (exact) mass is 497 g/mol. The Bertz CT molecular complexity index is 1330. The van der Waals surface area contributed by atoms with Crippen LogP contribution in [0.15, 0.2) is 36.4 Å². The Hall–Kier alpha value is -3.30. The van der Waals surface area contributed by atoms with E-state index in [0.717, 1.165) is 4.90 Å². The quantitative estimate of drug-likeness (QED) is 0.597. The van der Waals surface area contributed by atoms with Crippen LogP contribution < -0.4 is 10.6 Å². The fourth-order valence-electron chi connectivity index (χ4n) is 5.00. The van der Waals surface area contributed by atoms with E-state index in [2.05, 4.69) is 10.6 Å². The zero-order valence-corrected chi connectivity index (χ0v) is 20.3. The van der Waals surface area contributed by atoms with Gasteiger partial charge in [-0.3, -0.25) is 24.6 Å². The molecule has 3 aliphatic heterocycles. The molecule has 0 saturated carbocycles. The molecule has 0 aliphatic carbocycles. The zero-order chi connectivity index (χ0) is 28.1. The molecular formula is C27H31FN4O4. The zero-order valence-electron chi connectivity index (χ0n) is 23.3. The SMILES string of the molecule is [2H]C1(N2Cc3c(NCc4cc(C([2H])([2H])N5CC(C)OC(C)C5)ccc4F)cccc3C2=O)CCC(=O)NC1=O. The average Bonchev–Trinajstić information content (AvgIpc) is 3.23. The molecule has 3 atom stereocenters. The summed E-state index contributed by atoms with van der Waals surface area (Å²) in [5, 5.41) is 5.31. The summed E-state index contributed by atoms with van der Waals surface area (Å²) in [6, 6.07) is 7.32. The number of hydrogen-bond acceptors (Lipinski definition) is 6. The second kappa shape index (κ2) is 9.99. The van der Waals surface area contributed by atoms with Crippen molar-refractivity contribution in [2.75, 3.05) is 18.4 Å². The average molecular weight is 498 g/mol. The summed E-state index contributed by atoms with van der Waals surface area (Å²) in [6.07, 6.45) is -0.390. The van der Waals surface area contributed by atoms with Gasteiger partial charge in [-0.25, -0.2) is 4.39 Å². The molecule has 2 aromatic rings. The highest BCUT2D eigenvalue weighted by atomic mass is 19.1. The molecule has 190 valence electrons. The minimum atomic E-state index is -1.90. The van der Waals surface area contributed by atoms with E-state index in [4.69, 9.17) is 8.85 Å². The molecule has 0 spiro atoms. The van der Waals surface area contributed by atoms with Crippen LogP contribution in [-0.2, 0) is 33.9 Å². The topological polar surface area (TPSA) is 91.0 Å². The van der Waals surface area contributed by atoms with Crippen molar-refractivity contribution >= 4 is 23.4 Å². The van der Waals surface area contributed by atoms with Gasteiger partial charge in [-0.15, -0.1) is 0 Å². The molecule has 8 nitrogen and oxygen atoms in total. The highest BCUT2D eigenvalue weighted by Gasteiger charge is 2.39. The fourth-order valence-corrected chi connectivity index (χ4v) is 5.00. The van der Waals surface area contributed by atoms with Crippen molar-refractivity contribution in [3.63, 3.8) is 0 Å². The van der Waals surface area contributed by atoms with Gasteiger partial charge in [0.1, 0.15) is 11.8 Å². The lowest BCUT2D eigenvalue weighted by molar-refractivity contribution is -0.136. The lowest BCUT2D eigenvalue weighted by atomic mass is 10.0. The third-order valence-corrected chi connectivity index (χ3v) is 6.62. The minimum Gasteiger partial charge on any atom is -0.381 e. The predicted octanol–water partition coefficient (Wildman–Crippen LogP) is 2.81. The number of benzene rings is 2. The maximum absolute atomic E-state index is 14.8. The van der Waals surface area contributed by atoms with E-state index in [1.165, 1.54) is 18.2 Å². The van der Waals surface area contributed by atoms with Crippen molar-refractivity contribution < 1.29 is 27.6 Å². The first-order valence-electron chi connectivity index (χ1n) is 13.6. The Morgan fingerprint density at radius 2 is 1.97 bits per heavy atom. The van der Waals surface area contributed by atoms with Gasteiger partial charge in [0.05, 0.1) is 13.6 Å². The van der Waals surface area contributed by atoms with Gasteiger partial charge in [-0.1, -0.05) is 12.1 Å². The predicted molar refractivity (Wildman–Crippen MR) is 131 cm³/mol. The number of imide groups is 1. The molecule has 2 aromatic carbocycles. The smallest absolute Gasteiger partial charge is 0.255 e. The van der Waals surface area contributed by atoms with Crippen LogP contribution in [0.5, 0.6) is 0 Å². The standard InChI is InChI=1S/C27H31FN4O4/c1-16-12-31(13-17(2)36-16)14-18-6-7-22(28)19(10-18)11-29-23-5-3-4-20-21(23)15-32(27(20)35)24-8-9-25(33)30-26(24)34/h3-7,10,16-17,24,29H,8-9,11-15H2,1-2H3,(H,30,33,34)/i14D2,24D. The fraction of sp³-hybridized carbons (Fsp3) is 0.444. The Labute approximate surface area is 214 Å². The molecule has 36 heavy (non-hydrogen) atoms. The number of amides is 3. The number of hydrogen-bond donors (Lipinski definition) is 2. The molecule has 2 N–H and O–H groups in total. The highest BCUT2D eigenvalue weighted by molar-refractivity contribution is 6.06. The van der Waals surface area contributed by atoms with Crippen LogP contribution in [0.1, 0.15) is 57.8 Å². The number of anilines is 1. The van der Waals surface area contributed by atoms with Crippen molar-refractivity contribution in [3.8, 4) is 0 Å². The third kappa shape index (κ3) is 4.99. The Morgan fingerprint density at radius 3 is 2.72 bits per heavy atom. The third-order valence-electron chi connectivity index (χ3n) is 6.62. The van der Waals surface area contributed by atoms with E-state index < -0.39 is 36.1 Å². The number of carbonyl (C=O) groups excluding carboxylic acids is 3. The number of halogens is 1. The second-order valence-corrected chi connectivity index (χ2v) is 9.48. The summed E-state index contributed by atoms with van der Waals surface area (Å²) >= 11 is 0. The van der Waals surface area contributed by atoms with E-state index in [0.29, 0.717) is 35.5 Å². The van der Waals surface area contributed by atoms with Crippen LogP contribution >= 0.6 is 0 Å². The Kier molecular flexibility index (Phi) is 5.78. The summed E-state index contributed by atoms with van der Waals surface area (Å²) in [7, 11) is 0. The van der Waals surface area contributed by atoms with E-state index in [9.17, 15) is 18.8 Å². The number of carbonyl (C=O) groups is 3. The number of morpholine rings is 1. The molecule has 3 unspecified atom stereocenters. The Morgan fingerprint density at radius 1 is 1.19 bits per heavy atom. The molecule has 5 rings (SSSR count). The van der Waals surface area contributed by atoms with Crippen LogP contribution in [0.25, 0.3) is 0 Å². The van der Waals surface area contributed by atoms with E-state index in [1.54, 1.807) is 23.1 Å². The minimum absolute atomic E-state index is 0.0130. The number of ether oxygens (including phenoxy) is 1. The summed E-state index contributed by atoms with van der Waals surface area (Å²) in [6.45, 7) is 2.79. The maximum atomic E-state index is 14.8. The van der Waals surface area contributed by atoms with E-state index in [-0.39, 0.29) is 43.7 Å². The Balaban J connectivity index is 1.35. The normalized spacial score (nSPS) is 28.2.